The van der Waals surface area contributed by atoms with Crippen molar-refractivity contribution in [1.29, 1.82) is 0 Å². The van der Waals surface area contributed by atoms with E-state index in [2.05, 4.69) is 37.8 Å². The molecule has 0 saturated heterocycles. The lowest BCUT2D eigenvalue weighted by atomic mass is 9.88. The molecule has 0 aromatic carbocycles. The molecule has 1 aromatic heterocycles. The Labute approximate surface area is 114 Å². The average Bonchev–Trinajstić information content (AvgIpc) is 2.69. The van der Waals surface area contributed by atoms with Crippen molar-refractivity contribution in [3.05, 3.63) is 20.8 Å². The SMILES string of the molecule is CC(C)(CCNCc1cc(Br)cs1)C(N)=NO. The molecule has 6 heteroatoms. The molecule has 0 aliphatic rings. The Morgan fingerprint density at radius 1 is 1.65 bits per heavy atom. The molecule has 0 aliphatic heterocycles. The quantitative estimate of drug-likeness (QED) is 0.248. The van der Waals surface area contributed by atoms with Crippen molar-refractivity contribution in [2.24, 2.45) is 16.3 Å². The maximum absolute atomic E-state index is 8.65. The summed E-state index contributed by atoms with van der Waals surface area (Å²) in [5.74, 6) is 0.276. The number of oxime groups is 1. The molecule has 0 bridgehead atoms. The summed E-state index contributed by atoms with van der Waals surface area (Å²) in [7, 11) is 0. The summed E-state index contributed by atoms with van der Waals surface area (Å²) in [4.78, 5) is 1.29. The lowest BCUT2D eigenvalue weighted by Crippen LogP contribution is -2.34. The lowest BCUT2D eigenvalue weighted by Gasteiger charge is -2.22. The maximum atomic E-state index is 8.65. The van der Waals surface area contributed by atoms with Gasteiger partial charge in [0.1, 0.15) is 5.84 Å². The topological polar surface area (TPSA) is 70.6 Å². The molecule has 0 saturated carbocycles. The Hall–Kier alpha value is -0.590. The second-order valence-corrected chi connectivity index (χ2v) is 6.44. The van der Waals surface area contributed by atoms with Gasteiger partial charge in [0.15, 0.2) is 0 Å². The molecule has 0 radical (unpaired) electrons. The van der Waals surface area contributed by atoms with E-state index in [0.717, 1.165) is 24.0 Å². The lowest BCUT2D eigenvalue weighted by molar-refractivity contribution is 0.305. The first kappa shape index (κ1) is 14.5. The molecular formula is C11H18BrN3OS. The summed E-state index contributed by atoms with van der Waals surface area (Å²) in [5.41, 5.74) is 5.34. The van der Waals surface area contributed by atoms with Crippen molar-refractivity contribution in [2.75, 3.05) is 6.54 Å². The maximum Gasteiger partial charge on any atom is 0.144 e. The Kier molecular flexibility index (Phi) is 5.42. The van der Waals surface area contributed by atoms with Crippen LogP contribution in [0.5, 0.6) is 0 Å². The minimum Gasteiger partial charge on any atom is -0.409 e. The standard InChI is InChI=1S/C11H18BrN3OS/c1-11(2,10(13)15-16)3-4-14-6-9-5-8(12)7-17-9/h5,7,14,16H,3-4,6H2,1-2H3,(H2,13,15). The first-order valence-electron chi connectivity index (χ1n) is 5.37. The van der Waals surface area contributed by atoms with Gasteiger partial charge in [0, 0.05) is 26.7 Å². The zero-order valence-electron chi connectivity index (χ0n) is 10.0. The largest absolute Gasteiger partial charge is 0.409 e. The second kappa shape index (κ2) is 6.37. The molecule has 0 amide bonds. The Balaban J connectivity index is 2.29. The fraction of sp³-hybridized carbons (Fsp3) is 0.545. The third-order valence-electron chi connectivity index (χ3n) is 2.65. The molecule has 1 aromatic rings. The van der Waals surface area contributed by atoms with Crippen LogP contribution in [0.25, 0.3) is 0 Å². The van der Waals surface area contributed by atoms with Crippen LogP contribution < -0.4 is 11.1 Å². The number of halogens is 1. The molecule has 4 N–H and O–H groups in total. The van der Waals surface area contributed by atoms with Gasteiger partial charge in [-0.15, -0.1) is 11.3 Å². The van der Waals surface area contributed by atoms with Crippen molar-refractivity contribution in [1.82, 2.24) is 5.32 Å². The van der Waals surface area contributed by atoms with Crippen molar-refractivity contribution in [2.45, 2.75) is 26.8 Å². The number of nitrogens with two attached hydrogens (primary N) is 1. The molecule has 0 spiro atoms. The number of rotatable bonds is 6. The van der Waals surface area contributed by atoms with Gasteiger partial charge in [-0.25, -0.2) is 0 Å². The highest BCUT2D eigenvalue weighted by atomic mass is 79.9. The highest BCUT2D eigenvalue weighted by molar-refractivity contribution is 9.10. The van der Waals surface area contributed by atoms with Crippen molar-refractivity contribution >= 4 is 33.1 Å². The van der Waals surface area contributed by atoms with Crippen LogP contribution in [-0.4, -0.2) is 17.6 Å². The van der Waals surface area contributed by atoms with Crippen LogP contribution >= 0.6 is 27.3 Å². The van der Waals surface area contributed by atoms with Crippen LogP contribution in [0.3, 0.4) is 0 Å². The third kappa shape index (κ3) is 4.65. The highest BCUT2D eigenvalue weighted by Crippen LogP contribution is 2.21. The van der Waals surface area contributed by atoms with Crippen molar-refractivity contribution < 1.29 is 5.21 Å². The zero-order chi connectivity index (χ0) is 12.9. The van der Waals surface area contributed by atoms with Gasteiger partial charge >= 0.3 is 0 Å². The number of amidine groups is 1. The van der Waals surface area contributed by atoms with E-state index >= 15 is 0 Å². The number of nitrogens with one attached hydrogen (secondary N) is 1. The van der Waals surface area contributed by atoms with Gasteiger partial charge in [-0.3, -0.25) is 0 Å². The van der Waals surface area contributed by atoms with E-state index < -0.39 is 0 Å². The molecule has 0 aliphatic carbocycles. The summed E-state index contributed by atoms with van der Waals surface area (Å²) in [6.07, 6.45) is 0.829. The van der Waals surface area contributed by atoms with Gasteiger partial charge in [-0.2, -0.15) is 0 Å². The van der Waals surface area contributed by atoms with Crippen LogP contribution in [0.4, 0.5) is 0 Å². The Morgan fingerprint density at radius 3 is 2.88 bits per heavy atom. The van der Waals surface area contributed by atoms with Gasteiger partial charge in [-0.1, -0.05) is 19.0 Å². The fourth-order valence-corrected chi connectivity index (χ4v) is 2.74. The van der Waals surface area contributed by atoms with Crippen molar-refractivity contribution in [3.8, 4) is 0 Å². The summed E-state index contributed by atoms with van der Waals surface area (Å²) in [6, 6.07) is 2.10. The van der Waals surface area contributed by atoms with E-state index in [1.165, 1.54) is 4.88 Å². The first-order valence-corrected chi connectivity index (χ1v) is 7.04. The van der Waals surface area contributed by atoms with E-state index in [-0.39, 0.29) is 11.3 Å². The van der Waals surface area contributed by atoms with E-state index in [1.54, 1.807) is 11.3 Å². The van der Waals surface area contributed by atoms with E-state index in [0.29, 0.717) is 0 Å². The minimum absolute atomic E-state index is 0.276. The van der Waals surface area contributed by atoms with Crippen LogP contribution in [0.1, 0.15) is 25.1 Å². The Bertz CT molecular complexity index is 390. The number of nitrogens with zero attached hydrogens (tertiary/aromatic N) is 1. The normalized spacial score (nSPS) is 13.0. The molecule has 17 heavy (non-hydrogen) atoms. The molecule has 0 unspecified atom stereocenters. The van der Waals surface area contributed by atoms with E-state index in [4.69, 9.17) is 10.9 Å². The van der Waals surface area contributed by atoms with Gasteiger partial charge < -0.3 is 16.3 Å². The number of hydrogen-bond donors (Lipinski definition) is 3. The highest BCUT2D eigenvalue weighted by Gasteiger charge is 2.22. The molecule has 1 rings (SSSR count). The van der Waals surface area contributed by atoms with Crippen LogP contribution in [-0.2, 0) is 6.54 Å². The van der Waals surface area contributed by atoms with Crippen LogP contribution in [0, 0.1) is 5.41 Å². The smallest absolute Gasteiger partial charge is 0.144 e. The monoisotopic (exact) mass is 319 g/mol. The molecule has 4 nitrogen and oxygen atoms in total. The second-order valence-electron chi connectivity index (χ2n) is 4.53. The fourth-order valence-electron chi connectivity index (χ4n) is 1.32. The van der Waals surface area contributed by atoms with Gasteiger partial charge in [0.2, 0.25) is 0 Å². The predicted molar refractivity (Wildman–Crippen MR) is 75.5 cm³/mol. The number of hydrogen-bond acceptors (Lipinski definition) is 4. The molecule has 0 atom stereocenters. The molecule has 96 valence electrons. The van der Waals surface area contributed by atoms with E-state index in [1.807, 2.05) is 13.8 Å². The van der Waals surface area contributed by atoms with Crippen LogP contribution in [0.15, 0.2) is 21.1 Å². The summed E-state index contributed by atoms with van der Waals surface area (Å²) in [6.45, 7) is 5.61. The summed E-state index contributed by atoms with van der Waals surface area (Å²) >= 11 is 5.14. The van der Waals surface area contributed by atoms with E-state index in [9.17, 15) is 0 Å². The first-order chi connectivity index (χ1) is 7.95. The van der Waals surface area contributed by atoms with Crippen molar-refractivity contribution in [3.63, 3.8) is 0 Å². The average molecular weight is 320 g/mol. The summed E-state index contributed by atoms with van der Waals surface area (Å²) in [5, 5.41) is 17.1. The zero-order valence-corrected chi connectivity index (χ0v) is 12.4. The molecule has 1 heterocycles. The third-order valence-corrected chi connectivity index (χ3v) is 4.35. The van der Waals surface area contributed by atoms with Gasteiger partial charge in [-0.05, 0) is 35.0 Å². The predicted octanol–water partition coefficient (Wildman–Crippen LogP) is 2.76. The van der Waals surface area contributed by atoms with Crippen LogP contribution in [0.2, 0.25) is 0 Å². The molecule has 0 fully saturated rings. The summed E-state index contributed by atoms with van der Waals surface area (Å²) < 4.78 is 1.12. The van der Waals surface area contributed by atoms with Gasteiger partial charge in [0.05, 0.1) is 0 Å². The minimum atomic E-state index is -0.280. The molecular weight excluding hydrogens is 302 g/mol. The van der Waals surface area contributed by atoms with Gasteiger partial charge in [0.25, 0.3) is 0 Å². The Morgan fingerprint density at radius 2 is 2.35 bits per heavy atom. The number of thiophene rings is 1.